The molecule has 0 fully saturated rings. The number of esters is 2. The number of ketones is 1. The lowest BCUT2D eigenvalue weighted by molar-refractivity contribution is 0.0592. The van der Waals surface area contributed by atoms with E-state index in [4.69, 9.17) is 12.8 Å². The zero-order valence-electron chi connectivity index (χ0n) is 15.3. The lowest BCUT2D eigenvalue weighted by atomic mass is 10.1. The molecule has 0 aliphatic heterocycles. The van der Waals surface area contributed by atoms with Crippen LogP contribution in [0.15, 0.2) is 48.5 Å². The van der Waals surface area contributed by atoms with Crippen molar-refractivity contribution in [1.29, 1.82) is 0 Å². The average molecular weight is 378 g/mol. The Morgan fingerprint density at radius 1 is 0.821 bits per heavy atom. The first kappa shape index (κ1) is 22.2. The molecule has 1 unspecified atom stereocenters. The minimum Gasteiger partial charge on any atom is -0.465 e. The van der Waals surface area contributed by atoms with E-state index in [1.165, 1.54) is 38.5 Å². The van der Waals surface area contributed by atoms with Crippen LogP contribution in [0, 0.1) is 24.7 Å². The molecule has 0 aromatic heterocycles. The predicted octanol–water partition coefficient (Wildman–Crippen LogP) is 2.43. The van der Waals surface area contributed by atoms with Gasteiger partial charge in [0.15, 0.2) is 0 Å². The van der Waals surface area contributed by atoms with Crippen LogP contribution in [-0.4, -0.2) is 37.0 Å². The molecule has 0 aliphatic carbocycles. The van der Waals surface area contributed by atoms with E-state index in [-0.39, 0.29) is 0 Å². The second kappa shape index (κ2) is 11.0. The Morgan fingerprint density at radius 3 is 1.57 bits per heavy atom. The summed E-state index contributed by atoms with van der Waals surface area (Å²) < 4.78 is 9.02. The number of ether oxygens (including phenoxy) is 2. The van der Waals surface area contributed by atoms with Crippen molar-refractivity contribution in [2.24, 2.45) is 0 Å². The molecule has 0 aliphatic rings. The Morgan fingerprint density at radius 2 is 1.21 bits per heavy atom. The van der Waals surface area contributed by atoms with Gasteiger partial charge in [-0.3, -0.25) is 4.79 Å². The largest absolute Gasteiger partial charge is 0.465 e. The molecular formula is C22H18O6. The van der Waals surface area contributed by atoms with E-state index in [9.17, 15) is 19.5 Å². The third-order valence-corrected chi connectivity index (χ3v) is 3.50. The van der Waals surface area contributed by atoms with Crippen LogP contribution in [0.4, 0.5) is 0 Å². The highest BCUT2D eigenvalue weighted by atomic mass is 16.5. The lowest BCUT2D eigenvalue weighted by Crippen LogP contribution is -2.02. The van der Waals surface area contributed by atoms with Gasteiger partial charge in [0.25, 0.3) is 0 Å². The van der Waals surface area contributed by atoms with Crippen LogP contribution >= 0.6 is 0 Å². The fourth-order valence-electron chi connectivity index (χ4n) is 1.97. The maximum absolute atomic E-state index is 11.0. The van der Waals surface area contributed by atoms with Crippen molar-refractivity contribution in [3.63, 3.8) is 0 Å². The minimum absolute atomic E-state index is 0.389. The summed E-state index contributed by atoms with van der Waals surface area (Å²) in [6.45, 7) is 0. The van der Waals surface area contributed by atoms with E-state index < -0.39 is 23.8 Å². The van der Waals surface area contributed by atoms with Gasteiger partial charge in [0.1, 0.15) is 6.10 Å². The number of rotatable bonds is 4. The van der Waals surface area contributed by atoms with Gasteiger partial charge in [-0.25, -0.2) is 9.59 Å². The molecule has 1 atom stereocenters. The summed E-state index contributed by atoms with van der Waals surface area (Å²) in [6, 6.07) is 12.3. The van der Waals surface area contributed by atoms with E-state index >= 15 is 0 Å². The smallest absolute Gasteiger partial charge is 0.337 e. The number of benzene rings is 2. The zero-order valence-corrected chi connectivity index (χ0v) is 15.3. The van der Waals surface area contributed by atoms with Crippen molar-refractivity contribution in [3.05, 3.63) is 70.8 Å². The standard InChI is InChI=1S/C11H10O3.C11H8O3/c2*1-3-10(12)8-4-6-9(7-5-8)11(13)14-2/h1,4-7,10,12H,2H3;1,4-7H,2H3. The number of hydrogen-bond acceptors (Lipinski definition) is 6. The number of aliphatic hydroxyl groups is 1. The maximum atomic E-state index is 11.0. The molecule has 0 amide bonds. The number of carbonyl (C=O) groups excluding carboxylic acids is 3. The number of Topliss-reactive ketones (excluding diaryl/α,β-unsaturated/α-hetero) is 1. The van der Waals surface area contributed by atoms with Crippen molar-refractivity contribution in [3.8, 4) is 24.7 Å². The van der Waals surface area contributed by atoms with Gasteiger partial charge in [-0.05, 0) is 47.9 Å². The Labute approximate surface area is 163 Å². The molecule has 6 nitrogen and oxygen atoms in total. The van der Waals surface area contributed by atoms with E-state index in [2.05, 4.69) is 15.4 Å². The average Bonchev–Trinajstić information content (AvgIpc) is 2.77. The summed E-state index contributed by atoms with van der Waals surface area (Å²) in [4.78, 5) is 33.1. The molecular weight excluding hydrogens is 360 g/mol. The van der Waals surface area contributed by atoms with Crippen molar-refractivity contribution in [1.82, 2.24) is 0 Å². The summed E-state index contributed by atoms with van der Waals surface area (Å²) in [6.07, 6.45) is 9.04. The molecule has 2 rings (SSSR count). The van der Waals surface area contributed by atoms with Gasteiger partial charge in [-0.1, -0.05) is 18.1 Å². The van der Waals surface area contributed by atoms with Crippen LogP contribution in [0.3, 0.4) is 0 Å². The second-order valence-electron chi connectivity index (χ2n) is 5.23. The first-order valence-corrected chi connectivity index (χ1v) is 7.89. The highest BCUT2D eigenvalue weighted by Crippen LogP contribution is 2.13. The van der Waals surface area contributed by atoms with Crippen LogP contribution in [0.25, 0.3) is 0 Å². The van der Waals surface area contributed by atoms with E-state index in [0.29, 0.717) is 22.3 Å². The first-order chi connectivity index (χ1) is 13.4. The first-order valence-electron chi connectivity index (χ1n) is 7.89. The normalized spacial score (nSPS) is 10.2. The summed E-state index contributed by atoms with van der Waals surface area (Å²) in [5.41, 5.74) is 1.79. The molecule has 28 heavy (non-hydrogen) atoms. The molecule has 2 aromatic rings. The van der Waals surface area contributed by atoms with Crippen molar-refractivity contribution < 1.29 is 29.0 Å². The maximum Gasteiger partial charge on any atom is 0.337 e. The van der Waals surface area contributed by atoms with Gasteiger partial charge >= 0.3 is 11.9 Å². The van der Waals surface area contributed by atoms with Crippen LogP contribution in [0.5, 0.6) is 0 Å². The number of methoxy groups -OCH3 is 2. The third kappa shape index (κ3) is 6.14. The van der Waals surface area contributed by atoms with Crippen LogP contribution < -0.4 is 0 Å². The number of terminal acetylenes is 2. The third-order valence-electron chi connectivity index (χ3n) is 3.50. The van der Waals surface area contributed by atoms with Gasteiger partial charge in [0.2, 0.25) is 5.78 Å². The van der Waals surface area contributed by atoms with E-state index in [1.807, 2.05) is 5.92 Å². The fourth-order valence-corrected chi connectivity index (χ4v) is 1.97. The quantitative estimate of drug-likeness (QED) is 0.380. The van der Waals surface area contributed by atoms with Gasteiger partial charge in [-0.15, -0.1) is 12.8 Å². The molecule has 0 bridgehead atoms. The molecule has 1 N–H and O–H groups in total. The topological polar surface area (TPSA) is 89.9 Å². The molecule has 142 valence electrons. The zero-order chi connectivity index (χ0) is 21.1. The van der Waals surface area contributed by atoms with Gasteiger partial charge in [0, 0.05) is 5.56 Å². The van der Waals surface area contributed by atoms with E-state index in [1.54, 1.807) is 24.3 Å². The highest BCUT2D eigenvalue weighted by Gasteiger charge is 2.07. The minimum atomic E-state index is -0.929. The monoisotopic (exact) mass is 378 g/mol. The molecule has 2 aromatic carbocycles. The van der Waals surface area contributed by atoms with Gasteiger partial charge in [-0.2, -0.15) is 0 Å². The molecule has 0 heterocycles. The van der Waals surface area contributed by atoms with E-state index in [0.717, 1.165) is 0 Å². The number of hydrogen-bond donors (Lipinski definition) is 1. The Bertz CT molecular complexity index is 911. The Hall–Kier alpha value is -3.87. The van der Waals surface area contributed by atoms with Crippen LogP contribution in [-0.2, 0) is 9.47 Å². The highest BCUT2D eigenvalue weighted by molar-refractivity contribution is 6.08. The SMILES string of the molecule is C#CC(=O)c1ccc(C(=O)OC)cc1.C#CC(O)c1ccc(C(=O)OC)cc1. The fraction of sp³-hybridized carbons (Fsp3) is 0.136. The molecule has 0 spiro atoms. The number of carbonyl (C=O) groups is 3. The Kier molecular flexibility index (Phi) is 8.69. The summed E-state index contributed by atoms with van der Waals surface area (Å²) >= 11 is 0. The second-order valence-corrected chi connectivity index (χ2v) is 5.23. The molecule has 0 radical (unpaired) electrons. The Balaban J connectivity index is 0.000000280. The van der Waals surface area contributed by atoms with Crippen molar-refractivity contribution in [2.45, 2.75) is 6.10 Å². The summed E-state index contributed by atoms with van der Waals surface area (Å²) in [5, 5.41) is 9.26. The van der Waals surface area contributed by atoms with Crippen molar-refractivity contribution >= 4 is 17.7 Å². The van der Waals surface area contributed by atoms with Crippen molar-refractivity contribution in [2.75, 3.05) is 14.2 Å². The van der Waals surface area contributed by atoms with Gasteiger partial charge in [0.05, 0.1) is 25.3 Å². The molecule has 0 saturated heterocycles. The predicted molar refractivity (Wildman–Crippen MR) is 103 cm³/mol. The lowest BCUT2D eigenvalue weighted by Gasteiger charge is -2.04. The van der Waals surface area contributed by atoms with Crippen LogP contribution in [0.1, 0.15) is 42.7 Å². The summed E-state index contributed by atoms with van der Waals surface area (Å²) in [7, 11) is 2.61. The molecule has 0 saturated carbocycles. The van der Waals surface area contributed by atoms with Gasteiger partial charge < -0.3 is 14.6 Å². The molecule has 6 heteroatoms. The number of aliphatic hydroxyl groups excluding tert-OH is 1. The van der Waals surface area contributed by atoms with Crippen LogP contribution in [0.2, 0.25) is 0 Å². The summed E-state index contributed by atoms with van der Waals surface area (Å²) in [5.74, 6) is 2.92.